The summed E-state index contributed by atoms with van der Waals surface area (Å²) in [4.78, 5) is 38.1. The number of unbranched alkanes of at least 4 members (excludes halogenated alkanes) is 38. The Morgan fingerprint density at radius 2 is 0.532 bits per heavy atom. The van der Waals surface area contributed by atoms with Crippen molar-refractivity contribution in [2.24, 2.45) is 5.92 Å². The van der Waals surface area contributed by atoms with Crippen molar-refractivity contribution in [2.45, 2.75) is 323 Å². The third kappa shape index (κ3) is 49.4. The molecule has 0 aliphatic rings. The highest BCUT2D eigenvalue weighted by Gasteiger charge is 2.19. The maximum Gasteiger partial charge on any atom is 0.306 e. The van der Waals surface area contributed by atoms with Gasteiger partial charge in [-0.2, -0.15) is 0 Å². The second kappa shape index (κ2) is 50.4. The molecule has 0 aromatic rings. The molecule has 368 valence electrons. The average molecular weight is 877 g/mol. The Kier molecular flexibility index (Phi) is 49.1. The van der Waals surface area contributed by atoms with Gasteiger partial charge in [-0.15, -0.1) is 0 Å². The predicted octanol–water partition coefficient (Wildman–Crippen LogP) is 18.2. The lowest BCUT2D eigenvalue weighted by Gasteiger charge is -2.18. The summed E-state index contributed by atoms with van der Waals surface area (Å²) in [5.41, 5.74) is 0. The minimum Gasteiger partial charge on any atom is -0.462 e. The van der Waals surface area contributed by atoms with E-state index < -0.39 is 6.10 Å². The fourth-order valence-corrected chi connectivity index (χ4v) is 8.57. The summed E-state index contributed by atoms with van der Waals surface area (Å²) >= 11 is 0. The van der Waals surface area contributed by atoms with E-state index in [9.17, 15) is 14.4 Å². The van der Waals surface area contributed by atoms with Crippen LogP contribution in [0.3, 0.4) is 0 Å². The topological polar surface area (TPSA) is 78.9 Å². The first-order valence-corrected chi connectivity index (χ1v) is 27.9. The van der Waals surface area contributed by atoms with E-state index in [1.807, 2.05) is 0 Å². The van der Waals surface area contributed by atoms with Crippen molar-refractivity contribution in [3.63, 3.8) is 0 Å². The van der Waals surface area contributed by atoms with E-state index in [0.717, 1.165) is 63.7 Å². The second-order valence-corrected chi connectivity index (χ2v) is 19.7. The van der Waals surface area contributed by atoms with Gasteiger partial charge in [0.25, 0.3) is 0 Å². The van der Waals surface area contributed by atoms with Crippen LogP contribution < -0.4 is 0 Å². The molecule has 6 nitrogen and oxygen atoms in total. The molecule has 6 heteroatoms. The lowest BCUT2D eigenvalue weighted by molar-refractivity contribution is -0.167. The maximum atomic E-state index is 12.8. The first-order valence-electron chi connectivity index (χ1n) is 27.9. The number of rotatable bonds is 51. The summed E-state index contributed by atoms with van der Waals surface area (Å²) in [7, 11) is 0. The highest BCUT2D eigenvalue weighted by molar-refractivity contribution is 5.71. The van der Waals surface area contributed by atoms with E-state index in [1.165, 1.54) is 212 Å². The van der Waals surface area contributed by atoms with Crippen molar-refractivity contribution in [1.29, 1.82) is 0 Å². The van der Waals surface area contributed by atoms with Crippen LogP contribution in [0.5, 0.6) is 0 Å². The van der Waals surface area contributed by atoms with Crippen LogP contribution in [0.15, 0.2) is 0 Å². The minimum absolute atomic E-state index is 0.0622. The van der Waals surface area contributed by atoms with Crippen molar-refractivity contribution in [3.8, 4) is 0 Å². The molecule has 0 aromatic carbocycles. The van der Waals surface area contributed by atoms with Crippen LogP contribution in [0.25, 0.3) is 0 Å². The van der Waals surface area contributed by atoms with E-state index in [-0.39, 0.29) is 31.1 Å². The monoisotopic (exact) mass is 877 g/mol. The van der Waals surface area contributed by atoms with Gasteiger partial charge >= 0.3 is 17.9 Å². The Bertz CT molecular complexity index is 933. The van der Waals surface area contributed by atoms with Crippen LogP contribution in [-0.2, 0) is 28.6 Å². The molecule has 0 spiro atoms. The summed E-state index contributed by atoms with van der Waals surface area (Å²) in [6, 6.07) is 0. The Hall–Kier alpha value is -1.59. The van der Waals surface area contributed by atoms with E-state index in [1.54, 1.807) is 0 Å². The first kappa shape index (κ1) is 60.4. The Morgan fingerprint density at radius 1 is 0.306 bits per heavy atom. The van der Waals surface area contributed by atoms with Crippen molar-refractivity contribution >= 4 is 17.9 Å². The average Bonchev–Trinajstić information content (AvgIpc) is 3.26. The predicted molar refractivity (Wildman–Crippen MR) is 266 cm³/mol. The molecule has 0 saturated heterocycles. The Labute approximate surface area is 387 Å². The molecule has 0 fully saturated rings. The highest BCUT2D eigenvalue weighted by atomic mass is 16.6. The van der Waals surface area contributed by atoms with Crippen LogP contribution in [0.2, 0.25) is 0 Å². The van der Waals surface area contributed by atoms with Gasteiger partial charge in [0.05, 0.1) is 0 Å². The third-order valence-electron chi connectivity index (χ3n) is 12.8. The molecule has 0 aromatic heterocycles. The molecule has 62 heavy (non-hydrogen) atoms. The molecule has 0 rings (SSSR count). The van der Waals surface area contributed by atoms with Crippen molar-refractivity contribution in [2.75, 3.05) is 13.2 Å². The molecule has 1 atom stereocenters. The van der Waals surface area contributed by atoms with Crippen molar-refractivity contribution in [3.05, 3.63) is 0 Å². The van der Waals surface area contributed by atoms with Gasteiger partial charge in [0.2, 0.25) is 0 Å². The molecule has 0 aliphatic carbocycles. The van der Waals surface area contributed by atoms with Gasteiger partial charge in [0, 0.05) is 19.3 Å². The van der Waals surface area contributed by atoms with Crippen LogP contribution in [-0.4, -0.2) is 37.2 Å². The van der Waals surface area contributed by atoms with Gasteiger partial charge in [-0.1, -0.05) is 278 Å². The molecule has 0 heterocycles. The number of hydrogen-bond acceptors (Lipinski definition) is 6. The Morgan fingerprint density at radius 3 is 0.790 bits per heavy atom. The molecule has 0 bridgehead atoms. The smallest absolute Gasteiger partial charge is 0.306 e. The maximum absolute atomic E-state index is 12.8. The fraction of sp³-hybridized carbons (Fsp3) is 0.946. The molecule has 0 radical (unpaired) electrons. The van der Waals surface area contributed by atoms with Gasteiger partial charge in [-0.3, -0.25) is 14.4 Å². The lowest BCUT2D eigenvalue weighted by Crippen LogP contribution is -2.30. The van der Waals surface area contributed by atoms with Crippen LogP contribution in [0, 0.1) is 5.92 Å². The molecule has 0 saturated carbocycles. The number of carbonyl (C=O) groups excluding carboxylic acids is 3. The van der Waals surface area contributed by atoms with Crippen LogP contribution >= 0.6 is 0 Å². The standard InChI is InChI=1S/C56H108O6/c1-5-7-9-11-13-15-17-19-21-23-24-26-31-35-39-43-47-54(57)60-50-53(51-61-55(58)48-44-40-36-32-29-28-30-34-38-42-46-52(3)4)62-56(59)49-45-41-37-33-27-25-22-20-18-16-14-12-10-8-6-2/h52-53H,5-51H2,1-4H3/t53-/m0/s1. The number of ether oxygens (including phenoxy) is 3. The summed E-state index contributed by atoms with van der Waals surface area (Å²) in [5, 5.41) is 0. The quantitative estimate of drug-likeness (QED) is 0.0344. The summed E-state index contributed by atoms with van der Waals surface area (Å²) < 4.78 is 16.9. The normalized spacial score (nSPS) is 12.0. The van der Waals surface area contributed by atoms with E-state index >= 15 is 0 Å². The van der Waals surface area contributed by atoms with Crippen LogP contribution in [0.4, 0.5) is 0 Å². The number of hydrogen-bond donors (Lipinski definition) is 0. The zero-order valence-electron chi connectivity index (χ0n) is 42.3. The number of carbonyl (C=O) groups is 3. The van der Waals surface area contributed by atoms with Crippen LogP contribution in [0.1, 0.15) is 317 Å². The molecule has 0 unspecified atom stereocenters. The largest absolute Gasteiger partial charge is 0.462 e. The van der Waals surface area contributed by atoms with Gasteiger partial charge in [-0.25, -0.2) is 0 Å². The fourth-order valence-electron chi connectivity index (χ4n) is 8.57. The van der Waals surface area contributed by atoms with E-state index in [4.69, 9.17) is 14.2 Å². The second-order valence-electron chi connectivity index (χ2n) is 19.7. The third-order valence-corrected chi connectivity index (χ3v) is 12.8. The van der Waals surface area contributed by atoms with Crippen molar-refractivity contribution < 1.29 is 28.6 Å². The SMILES string of the molecule is CCCCCCCCCCCCCCCCCCC(=O)OC[C@@H](COC(=O)CCCCCCCCCCCCC(C)C)OC(=O)CCCCCCCCCCCCCCCCC. The van der Waals surface area contributed by atoms with E-state index in [0.29, 0.717) is 19.3 Å². The Balaban J connectivity index is 4.30. The molecule has 0 aliphatic heterocycles. The minimum atomic E-state index is -0.761. The summed E-state index contributed by atoms with van der Waals surface area (Å²) in [6.07, 6.45) is 53.7. The van der Waals surface area contributed by atoms with Gasteiger partial charge in [-0.05, 0) is 25.2 Å². The zero-order chi connectivity index (χ0) is 45.2. The molecular formula is C56H108O6. The van der Waals surface area contributed by atoms with Gasteiger partial charge in [0.15, 0.2) is 6.10 Å². The summed E-state index contributed by atoms with van der Waals surface area (Å²) in [6.45, 7) is 9.04. The molecular weight excluding hydrogens is 769 g/mol. The molecule has 0 N–H and O–H groups in total. The molecule has 0 amide bonds. The van der Waals surface area contributed by atoms with Crippen molar-refractivity contribution in [1.82, 2.24) is 0 Å². The lowest BCUT2D eigenvalue weighted by atomic mass is 10.0. The number of esters is 3. The zero-order valence-corrected chi connectivity index (χ0v) is 42.3. The highest BCUT2D eigenvalue weighted by Crippen LogP contribution is 2.18. The van der Waals surface area contributed by atoms with Gasteiger partial charge < -0.3 is 14.2 Å². The summed E-state index contributed by atoms with van der Waals surface area (Å²) in [5.74, 6) is -0.0200. The van der Waals surface area contributed by atoms with E-state index in [2.05, 4.69) is 27.7 Å². The first-order chi connectivity index (χ1) is 30.4. The van der Waals surface area contributed by atoms with Gasteiger partial charge in [0.1, 0.15) is 13.2 Å².